The molecule has 0 bridgehead atoms. The number of sulfonamides is 1. The van der Waals surface area contributed by atoms with Crippen LogP contribution in [0.15, 0.2) is 83.8 Å². The van der Waals surface area contributed by atoms with Crippen LogP contribution in [0.1, 0.15) is 5.56 Å². The molecule has 0 aromatic heterocycles. The van der Waals surface area contributed by atoms with E-state index < -0.39 is 38.8 Å². The number of benzene rings is 3. The average molecular weight is 485 g/mol. The second kappa shape index (κ2) is 10.2. The minimum Gasteiger partial charge on any atom is -0.486 e. The zero-order valence-electron chi connectivity index (χ0n) is 18.6. The van der Waals surface area contributed by atoms with Gasteiger partial charge in [0.25, 0.3) is 0 Å². The van der Waals surface area contributed by atoms with Crippen LogP contribution in [0, 0.1) is 5.82 Å². The van der Waals surface area contributed by atoms with Crippen LogP contribution in [0.25, 0.3) is 0 Å². The third-order valence-electron chi connectivity index (χ3n) is 5.43. The van der Waals surface area contributed by atoms with E-state index in [-0.39, 0.29) is 19.6 Å². The standard InChI is InChI=1S/C25H25FN2O5S/c1-28(16-19-17-32-22-12-6-7-13-23(22)33-19)25(29)21(15-18-9-3-2-4-10-18)27-34(30,31)24-14-8-5-11-20(24)26/h2-14,19,21,27H,15-17H2,1H3/t19-,21-/m0/s1. The molecule has 1 aliphatic heterocycles. The lowest BCUT2D eigenvalue weighted by Crippen LogP contribution is -2.51. The van der Waals surface area contributed by atoms with Crippen LogP contribution in [-0.4, -0.2) is 51.6 Å². The second-order valence-electron chi connectivity index (χ2n) is 8.01. The SMILES string of the molecule is CN(C[C@H]1COc2ccccc2O1)C(=O)[C@H](Cc1ccccc1)NS(=O)(=O)c1ccccc1F. The normalized spacial score (nSPS) is 16.0. The summed E-state index contributed by atoms with van der Waals surface area (Å²) in [5.41, 5.74) is 0.761. The van der Waals surface area contributed by atoms with Gasteiger partial charge in [-0.1, -0.05) is 54.6 Å². The van der Waals surface area contributed by atoms with Gasteiger partial charge in [-0.3, -0.25) is 4.79 Å². The first-order valence-electron chi connectivity index (χ1n) is 10.8. The number of likely N-dealkylation sites (N-methyl/N-ethyl adjacent to an activating group) is 1. The molecule has 34 heavy (non-hydrogen) atoms. The summed E-state index contributed by atoms with van der Waals surface area (Å²) in [7, 11) is -2.72. The Hall–Kier alpha value is -3.43. The fraction of sp³-hybridized carbons (Fsp3) is 0.240. The highest BCUT2D eigenvalue weighted by Crippen LogP contribution is 2.31. The number of nitrogens with zero attached hydrogens (tertiary/aromatic N) is 1. The van der Waals surface area contributed by atoms with Crippen LogP contribution in [0.2, 0.25) is 0 Å². The Balaban J connectivity index is 1.52. The van der Waals surface area contributed by atoms with E-state index in [1.54, 1.807) is 43.4 Å². The van der Waals surface area contributed by atoms with Crippen LogP contribution in [0.5, 0.6) is 11.5 Å². The third kappa shape index (κ3) is 5.55. The van der Waals surface area contributed by atoms with Crippen molar-refractivity contribution in [2.24, 2.45) is 0 Å². The molecule has 1 heterocycles. The molecule has 1 amide bonds. The predicted octanol–water partition coefficient (Wildman–Crippen LogP) is 3.01. The summed E-state index contributed by atoms with van der Waals surface area (Å²) < 4.78 is 54.1. The van der Waals surface area contributed by atoms with Gasteiger partial charge in [0, 0.05) is 7.05 Å². The van der Waals surface area contributed by atoms with E-state index >= 15 is 0 Å². The van der Waals surface area contributed by atoms with Crippen LogP contribution < -0.4 is 14.2 Å². The van der Waals surface area contributed by atoms with Gasteiger partial charge in [0.15, 0.2) is 17.6 Å². The Morgan fingerprint density at radius 3 is 2.41 bits per heavy atom. The highest BCUT2D eigenvalue weighted by Gasteiger charge is 2.31. The van der Waals surface area contributed by atoms with Crippen molar-refractivity contribution in [2.75, 3.05) is 20.2 Å². The Bertz CT molecular complexity index is 1250. The largest absolute Gasteiger partial charge is 0.486 e. The van der Waals surface area contributed by atoms with E-state index in [0.717, 1.165) is 17.7 Å². The zero-order valence-corrected chi connectivity index (χ0v) is 19.4. The molecule has 0 unspecified atom stereocenters. The number of halogens is 1. The van der Waals surface area contributed by atoms with Gasteiger partial charge in [0.1, 0.15) is 23.4 Å². The number of carbonyl (C=O) groups excluding carboxylic acids is 1. The minimum absolute atomic E-state index is 0.0998. The van der Waals surface area contributed by atoms with Crippen molar-refractivity contribution in [2.45, 2.75) is 23.5 Å². The monoisotopic (exact) mass is 484 g/mol. The van der Waals surface area contributed by atoms with Crippen molar-refractivity contribution >= 4 is 15.9 Å². The number of ether oxygens (including phenoxy) is 2. The molecule has 2 atom stereocenters. The molecule has 0 spiro atoms. The maximum absolute atomic E-state index is 14.2. The smallest absolute Gasteiger partial charge is 0.244 e. The fourth-order valence-corrected chi connectivity index (χ4v) is 5.03. The number of hydrogen-bond donors (Lipinski definition) is 1. The lowest BCUT2D eigenvalue weighted by atomic mass is 10.1. The first-order chi connectivity index (χ1) is 16.3. The zero-order chi connectivity index (χ0) is 24.1. The third-order valence-corrected chi connectivity index (χ3v) is 6.93. The summed E-state index contributed by atoms with van der Waals surface area (Å²) in [4.78, 5) is 14.3. The average Bonchev–Trinajstić information content (AvgIpc) is 2.83. The second-order valence-corrected chi connectivity index (χ2v) is 9.69. The van der Waals surface area contributed by atoms with Crippen LogP contribution >= 0.6 is 0 Å². The summed E-state index contributed by atoms with van der Waals surface area (Å²) >= 11 is 0. The first kappa shape index (κ1) is 23.7. The Morgan fingerprint density at radius 2 is 1.68 bits per heavy atom. The van der Waals surface area contributed by atoms with Crippen LogP contribution in [0.3, 0.4) is 0 Å². The molecule has 3 aromatic rings. The molecule has 3 aromatic carbocycles. The summed E-state index contributed by atoms with van der Waals surface area (Å²) in [6.45, 7) is 0.429. The van der Waals surface area contributed by atoms with Crippen molar-refractivity contribution in [1.82, 2.24) is 9.62 Å². The van der Waals surface area contributed by atoms with Crippen LogP contribution in [0.4, 0.5) is 4.39 Å². The van der Waals surface area contributed by atoms with Gasteiger partial charge in [-0.05, 0) is 36.2 Å². The number of amides is 1. The first-order valence-corrected chi connectivity index (χ1v) is 12.3. The Morgan fingerprint density at radius 1 is 1.03 bits per heavy atom. The van der Waals surface area contributed by atoms with Gasteiger partial charge in [-0.25, -0.2) is 12.8 Å². The highest BCUT2D eigenvalue weighted by molar-refractivity contribution is 7.89. The van der Waals surface area contributed by atoms with Crippen molar-refractivity contribution in [3.05, 3.63) is 90.2 Å². The van der Waals surface area contributed by atoms with E-state index in [1.807, 2.05) is 18.2 Å². The maximum atomic E-state index is 14.2. The molecule has 7 nitrogen and oxygen atoms in total. The van der Waals surface area contributed by atoms with Gasteiger partial charge >= 0.3 is 0 Å². The van der Waals surface area contributed by atoms with E-state index in [1.165, 1.54) is 17.0 Å². The van der Waals surface area contributed by atoms with E-state index in [9.17, 15) is 17.6 Å². The number of hydrogen-bond acceptors (Lipinski definition) is 5. The lowest BCUT2D eigenvalue weighted by Gasteiger charge is -2.31. The maximum Gasteiger partial charge on any atom is 0.244 e. The van der Waals surface area contributed by atoms with E-state index in [0.29, 0.717) is 11.5 Å². The van der Waals surface area contributed by atoms with Crippen molar-refractivity contribution in [3.63, 3.8) is 0 Å². The lowest BCUT2D eigenvalue weighted by molar-refractivity contribution is -0.133. The number of carbonyl (C=O) groups is 1. The molecule has 178 valence electrons. The van der Waals surface area contributed by atoms with E-state index in [4.69, 9.17) is 9.47 Å². The van der Waals surface area contributed by atoms with Gasteiger partial charge < -0.3 is 14.4 Å². The molecule has 4 rings (SSSR count). The minimum atomic E-state index is -4.29. The highest BCUT2D eigenvalue weighted by atomic mass is 32.2. The molecule has 9 heteroatoms. The van der Waals surface area contributed by atoms with Gasteiger partial charge in [-0.15, -0.1) is 0 Å². The Kier molecular flexibility index (Phi) is 7.14. The summed E-state index contributed by atoms with van der Waals surface area (Å²) in [6, 6.07) is 20.2. The summed E-state index contributed by atoms with van der Waals surface area (Å²) in [5, 5.41) is 0. The van der Waals surface area contributed by atoms with Crippen LogP contribution in [-0.2, 0) is 21.2 Å². The molecular formula is C25H25FN2O5S. The summed E-state index contributed by atoms with van der Waals surface area (Å²) in [6.07, 6.45) is -0.327. The predicted molar refractivity (Wildman–Crippen MR) is 125 cm³/mol. The molecule has 0 saturated heterocycles. The van der Waals surface area contributed by atoms with E-state index in [2.05, 4.69) is 4.72 Å². The summed E-state index contributed by atoms with van der Waals surface area (Å²) in [5.74, 6) is -0.139. The quantitative estimate of drug-likeness (QED) is 0.531. The van der Waals surface area contributed by atoms with Crippen molar-refractivity contribution in [1.29, 1.82) is 0 Å². The molecule has 1 N–H and O–H groups in total. The Labute approximate surface area is 198 Å². The van der Waals surface area contributed by atoms with Gasteiger partial charge in [-0.2, -0.15) is 4.72 Å². The number of nitrogens with one attached hydrogen (secondary N) is 1. The number of fused-ring (bicyclic) bond motifs is 1. The molecular weight excluding hydrogens is 459 g/mol. The van der Waals surface area contributed by atoms with Crippen molar-refractivity contribution in [3.8, 4) is 11.5 Å². The van der Waals surface area contributed by atoms with Gasteiger partial charge in [0.2, 0.25) is 15.9 Å². The van der Waals surface area contributed by atoms with Gasteiger partial charge in [0.05, 0.1) is 6.54 Å². The molecule has 0 saturated carbocycles. The fourth-order valence-electron chi connectivity index (χ4n) is 3.76. The molecule has 0 aliphatic carbocycles. The topological polar surface area (TPSA) is 84.9 Å². The number of rotatable bonds is 8. The molecule has 0 fully saturated rings. The molecule has 1 aliphatic rings. The molecule has 0 radical (unpaired) electrons. The van der Waals surface area contributed by atoms with Crippen molar-refractivity contribution < 1.29 is 27.1 Å². The number of para-hydroxylation sites is 2.